The first-order valence-corrected chi connectivity index (χ1v) is 5.55. The van der Waals surface area contributed by atoms with Crippen LogP contribution in [0.25, 0.3) is 0 Å². The van der Waals surface area contributed by atoms with Crippen molar-refractivity contribution < 1.29 is 0 Å². The molecule has 0 aliphatic rings. The van der Waals surface area contributed by atoms with E-state index in [2.05, 4.69) is 0 Å². The quantitative estimate of drug-likeness (QED) is 0.616. The molecule has 0 N–H and O–H groups in total. The highest BCUT2D eigenvalue weighted by Gasteiger charge is 2.05. The maximum absolute atomic E-state index is 5.78. The maximum atomic E-state index is 5.78. The van der Waals surface area contributed by atoms with E-state index in [0.29, 0.717) is 11.8 Å². The molecule has 4 heteroatoms. The fourth-order valence-corrected chi connectivity index (χ4v) is 1.33. The van der Waals surface area contributed by atoms with Gasteiger partial charge >= 0.3 is 0 Å². The minimum absolute atomic E-state index is 0.0795. The Kier molecular flexibility index (Phi) is 8.61. The van der Waals surface area contributed by atoms with Gasteiger partial charge in [0.15, 0.2) is 0 Å². The van der Waals surface area contributed by atoms with Crippen molar-refractivity contribution in [2.75, 3.05) is 11.8 Å². The topological polar surface area (TPSA) is 0 Å². The van der Waals surface area contributed by atoms with E-state index < -0.39 is 0 Å². The lowest BCUT2D eigenvalue weighted by atomic mass is 10.2. The molecular formula is C7H12Cl4. The fraction of sp³-hybridized carbons (Fsp3) is 1.00. The van der Waals surface area contributed by atoms with E-state index in [0.717, 1.165) is 19.3 Å². The number of hydrogen-bond acceptors (Lipinski definition) is 0. The first-order valence-electron chi connectivity index (χ1n) is 3.60. The van der Waals surface area contributed by atoms with Gasteiger partial charge in [-0.1, -0.05) is 6.42 Å². The summed E-state index contributed by atoms with van der Waals surface area (Å²) in [5.41, 5.74) is 0. The highest BCUT2D eigenvalue weighted by atomic mass is 35.5. The van der Waals surface area contributed by atoms with Crippen LogP contribution in [0, 0.1) is 0 Å². The van der Waals surface area contributed by atoms with Crippen molar-refractivity contribution in [3.8, 4) is 0 Å². The fourth-order valence-electron chi connectivity index (χ4n) is 0.715. The summed E-state index contributed by atoms with van der Waals surface area (Å²) in [6.45, 7) is 0. The monoisotopic (exact) mass is 236 g/mol. The smallest absolute Gasteiger partial charge is 0.0471 e. The first kappa shape index (κ1) is 12.2. The third kappa shape index (κ3) is 7.52. The van der Waals surface area contributed by atoms with Crippen LogP contribution in [0.3, 0.4) is 0 Å². The predicted octanol–water partition coefficient (Wildman–Crippen LogP) is 3.85. The second-order valence-electron chi connectivity index (χ2n) is 2.43. The van der Waals surface area contributed by atoms with Gasteiger partial charge in [-0.25, -0.2) is 0 Å². The van der Waals surface area contributed by atoms with Gasteiger partial charge in [-0.05, 0) is 12.8 Å². The van der Waals surface area contributed by atoms with Crippen LogP contribution in [-0.2, 0) is 0 Å². The van der Waals surface area contributed by atoms with Crippen LogP contribution >= 0.6 is 46.4 Å². The second kappa shape index (κ2) is 7.79. The zero-order valence-electron chi connectivity index (χ0n) is 6.20. The van der Waals surface area contributed by atoms with Crippen molar-refractivity contribution in [2.45, 2.75) is 30.0 Å². The lowest BCUT2D eigenvalue weighted by Crippen LogP contribution is -2.04. The van der Waals surface area contributed by atoms with Crippen LogP contribution in [0.4, 0.5) is 0 Å². The van der Waals surface area contributed by atoms with Crippen molar-refractivity contribution in [1.82, 2.24) is 0 Å². The molecule has 0 aromatic rings. The van der Waals surface area contributed by atoms with Crippen molar-refractivity contribution in [3.63, 3.8) is 0 Å². The normalized spacial score (nSPS) is 16.4. The molecule has 0 amide bonds. The Labute approximate surface area is 88.1 Å². The molecule has 0 aliphatic carbocycles. The molecule has 0 saturated carbocycles. The molecule has 0 aromatic carbocycles. The number of hydrogen-bond donors (Lipinski definition) is 0. The Morgan fingerprint density at radius 3 is 1.45 bits per heavy atom. The van der Waals surface area contributed by atoms with Gasteiger partial charge in [0.25, 0.3) is 0 Å². The summed E-state index contributed by atoms with van der Waals surface area (Å²) < 4.78 is 0. The van der Waals surface area contributed by atoms with Crippen LogP contribution in [0.15, 0.2) is 0 Å². The van der Waals surface area contributed by atoms with E-state index in [9.17, 15) is 0 Å². The molecule has 0 saturated heterocycles. The lowest BCUT2D eigenvalue weighted by Gasteiger charge is -2.06. The van der Waals surface area contributed by atoms with Crippen molar-refractivity contribution in [3.05, 3.63) is 0 Å². The Hall–Kier alpha value is 1.16. The Balaban J connectivity index is 3.13. The summed E-state index contributed by atoms with van der Waals surface area (Å²) in [6, 6.07) is 0. The molecule has 0 rings (SSSR count). The zero-order chi connectivity index (χ0) is 8.69. The molecule has 0 heterocycles. The van der Waals surface area contributed by atoms with E-state index in [1.807, 2.05) is 0 Å². The molecular weight excluding hydrogens is 226 g/mol. The second-order valence-corrected chi connectivity index (χ2v) is 4.29. The van der Waals surface area contributed by atoms with Crippen molar-refractivity contribution >= 4 is 46.4 Å². The molecule has 0 bridgehead atoms. The SMILES string of the molecule is ClCC(Cl)CCCC(Cl)CCl. The van der Waals surface area contributed by atoms with Gasteiger partial charge in [-0.15, -0.1) is 46.4 Å². The molecule has 0 aromatic heterocycles. The molecule has 0 aliphatic heterocycles. The van der Waals surface area contributed by atoms with Crippen LogP contribution in [0.2, 0.25) is 0 Å². The molecule has 68 valence electrons. The van der Waals surface area contributed by atoms with Crippen LogP contribution < -0.4 is 0 Å². The minimum atomic E-state index is 0.0795. The van der Waals surface area contributed by atoms with Gasteiger partial charge in [-0.2, -0.15) is 0 Å². The lowest BCUT2D eigenvalue weighted by molar-refractivity contribution is 0.669. The van der Waals surface area contributed by atoms with E-state index in [1.165, 1.54) is 0 Å². The largest absolute Gasteiger partial charge is 0.125 e. The summed E-state index contributed by atoms with van der Waals surface area (Å²) in [5.74, 6) is 1.02. The van der Waals surface area contributed by atoms with E-state index in [-0.39, 0.29) is 10.8 Å². The zero-order valence-corrected chi connectivity index (χ0v) is 9.23. The standard InChI is InChI=1S/C7H12Cl4/c8-4-6(10)2-1-3-7(11)5-9/h6-7H,1-5H2. The number of halogens is 4. The van der Waals surface area contributed by atoms with Gasteiger partial charge in [0.2, 0.25) is 0 Å². The Morgan fingerprint density at radius 1 is 0.818 bits per heavy atom. The van der Waals surface area contributed by atoms with E-state index in [1.54, 1.807) is 0 Å². The summed E-state index contributed by atoms with van der Waals surface area (Å²) in [5, 5.41) is 0.159. The molecule has 0 spiro atoms. The van der Waals surface area contributed by atoms with E-state index in [4.69, 9.17) is 46.4 Å². The third-order valence-corrected chi connectivity index (χ3v) is 3.18. The van der Waals surface area contributed by atoms with Gasteiger partial charge in [0.05, 0.1) is 0 Å². The maximum Gasteiger partial charge on any atom is 0.0471 e. The van der Waals surface area contributed by atoms with Crippen molar-refractivity contribution in [1.29, 1.82) is 0 Å². The third-order valence-electron chi connectivity index (χ3n) is 1.37. The van der Waals surface area contributed by atoms with Crippen molar-refractivity contribution in [2.24, 2.45) is 0 Å². The molecule has 0 fully saturated rings. The highest BCUT2D eigenvalue weighted by molar-refractivity contribution is 6.28. The number of alkyl halides is 4. The van der Waals surface area contributed by atoms with Gasteiger partial charge in [-0.3, -0.25) is 0 Å². The number of rotatable bonds is 6. The summed E-state index contributed by atoms with van der Waals surface area (Å²) in [4.78, 5) is 0. The van der Waals surface area contributed by atoms with Crippen LogP contribution in [-0.4, -0.2) is 22.5 Å². The first-order chi connectivity index (χ1) is 5.20. The summed E-state index contributed by atoms with van der Waals surface area (Å²) >= 11 is 22.6. The average molecular weight is 238 g/mol. The molecule has 11 heavy (non-hydrogen) atoms. The highest BCUT2D eigenvalue weighted by Crippen LogP contribution is 2.13. The molecule has 2 unspecified atom stereocenters. The Bertz CT molecular complexity index is 76.5. The molecule has 2 atom stereocenters. The molecule has 0 radical (unpaired) electrons. The summed E-state index contributed by atoms with van der Waals surface area (Å²) in [6.07, 6.45) is 2.85. The van der Waals surface area contributed by atoms with Crippen LogP contribution in [0.5, 0.6) is 0 Å². The van der Waals surface area contributed by atoms with Gasteiger partial charge < -0.3 is 0 Å². The summed E-state index contributed by atoms with van der Waals surface area (Å²) in [7, 11) is 0. The van der Waals surface area contributed by atoms with Gasteiger partial charge in [0, 0.05) is 22.5 Å². The van der Waals surface area contributed by atoms with Gasteiger partial charge in [0.1, 0.15) is 0 Å². The minimum Gasteiger partial charge on any atom is -0.125 e. The Morgan fingerprint density at radius 2 is 1.18 bits per heavy atom. The predicted molar refractivity (Wildman–Crippen MR) is 54.6 cm³/mol. The van der Waals surface area contributed by atoms with E-state index >= 15 is 0 Å². The van der Waals surface area contributed by atoms with Crippen LogP contribution in [0.1, 0.15) is 19.3 Å². The molecule has 0 nitrogen and oxygen atoms in total. The average Bonchev–Trinajstić information content (AvgIpc) is 2.04.